The fraction of sp³-hybridized carbons (Fsp3) is 0.385. The molecule has 0 aliphatic rings. The lowest BCUT2D eigenvalue weighted by Gasteiger charge is -2.08. The highest BCUT2D eigenvalue weighted by molar-refractivity contribution is 7.98. The summed E-state index contributed by atoms with van der Waals surface area (Å²) in [6, 6.07) is 1.76. The van der Waals surface area contributed by atoms with Gasteiger partial charge in [0.1, 0.15) is 5.03 Å². The number of aromatic carboxylic acids is 1. The maximum absolute atomic E-state index is 11.3. The van der Waals surface area contributed by atoms with Crippen LogP contribution in [0.4, 0.5) is 0 Å². The Labute approximate surface area is 120 Å². The molecule has 0 radical (unpaired) electrons. The van der Waals surface area contributed by atoms with Gasteiger partial charge in [0.25, 0.3) is 0 Å². The monoisotopic (exact) mass is 293 g/mol. The first-order valence-corrected chi connectivity index (χ1v) is 7.15. The lowest BCUT2D eigenvalue weighted by atomic mass is 10.1. The van der Waals surface area contributed by atoms with E-state index in [4.69, 9.17) is 4.52 Å². The fourth-order valence-electron chi connectivity index (χ4n) is 1.79. The highest BCUT2D eigenvalue weighted by atomic mass is 32.2. The van der Waals surface area contributed by atoms with E-state index in [1.165, 1.54) is 11.8 Å². The molecule has 0 saturated carbocycles. The smallest absolute Gasteiger partial charge is 0.338 e. The molecule has 20 heavy (non-hydrogen) atoms. The van der Waals surface area contributed by atoms with E-state index in [2.05, 4.69) is 15.1 Å². The molecule has 0 amide bonds. The quantitative estimate of drug-likeness (QED) is 0.847. The Bertz CT molecular complexity index is 640. The van der Waals surface area contributed by atoms with Gasteiger partial charge in [-0.1, -0.05) is 23.8 Å². The molecule has 6 nitrogen and oxygen atoms in total. The predicted octanol–water partition coefficient (Wildman–Crippen LogP) is 2.63. The molecular weight excluding hydrogens is 278 g/mol. The first-order chi connectivity index (χ1) is 9.51. The molecule has 0 aliphatic heterocycles. The summed E-state index contributed by atoms with van der Waals surface area (Å²) in [7, 11) is 0. The van der Waals surface area contributed by atoms with E-state index in [-0.39, 0.29) is 5.56 Å². The zero-order valence-electron chi connectivity index (χ0n) is 11.5. The third-order valence-electron chi connectivity index (χ3n) is 2.68. The second-order valence-electron chi connectivity index (χ2n) is 4.31. The van der Waals surface area contributed by atoms with Gasteiger partial charge >= 0.3 is 5.97 Å². The normalized spacial score (nSPS) is 10.8. The average molecular weight is 293 g/mol. The van der Waals surface area contributed by atoms with Crippen molar-refractivity contribution in [1.29, 1.82) is 0 Å². The molecule has 2 aromatic rings. The van der Waals surface area contributed by atoms with Crippen LogP contribution in [-0.4, -0.2) is 26.2 Å². The number of rotatable bonds is 5. The number of hydrogen-bond acceptors (Lipinski definition) is 6. The zero-order chi connectivity index (χ0) is 14.7. The van der Waals surface area contributed by atoms with Crippen molar-refractivity contribution < 1.29 is 14.4 Å². The Balaban J connectivity index is 2.22. The number of thioether (sulfide) groups is 1. The number of hydrogen-bond donors (Lipinski definition) is 1. The zero-order valence-corrected chi connectivity index (χ0v) is 12.3. The molecule has 0 aromatic carbocycles. The van der Waals surface area contributed by atoms with Crippen molar-refractivity contribution in [2.75, 3.05) is 0 Å². The Morgan fingerprint density at radius 2 is 2.15 bits per heavy atom. The third kappa shape index (κ3) is 3.16. The summed E-state index contributed by atoms with van der Waals surface area (Å²) >= 11 is 1.30. The molecule has 0 aliphatic carbocycles. The third-order valence-corrected chi connectivity index (χ3v) is 3.65. The van der Waals surface area contributed by atoms with E-state index >= 15 is 0 Å². The van der Waals surface area contributed by atoms with Gasteiger partial charge in [0.05, 0.1) is 11.3 Å². The molecule has 2 heterocycles. The largest absolute Gasteiger partial charge is 0.478 e. The average Bonchev–Trinajstić information content (AvgIpc) is 2.82. The Hall–Kier alpha value is -1.89. The molecule has 0 unspecified atom stereocenters. The second-order valence-corrected chi connectivity index (χ2v) is 5.28. The first-order valence-electron chi connectivity index (χ1n) is 6.17. The van der Waals surface area contributed by atoms with Gasteiger partial charge in [0.2, 0.25) is 5.89 Å². The molecule has 2 rings (SSSR count). The van der Waals surface area contributed by atoms with E-state index in [1.807, 2.05) is 13.8 Å². The van der Waals surface area contributed by atoms with Crippen LogP contribution >= 0.6 is 11.8 Å². The number of carboxylic acids is 1. The summed E-state index contributed by atoms with van der Waals surface area (Å²) in [6.45, 7) is 5.54. The number of carbonyl (C=O) groups is 1. The number of carboxylic acid groups (broad SMARTS) is 1. The van der Waals surface area contributed by atoms with Crippen molar-refractivity contribution in [3.05, 3.63) is 34.6 Å². The lowest BCUT2D eigenvalue weighted by Crippen LogP contribution is -2.05. The Morgan fingerprint density at radius 1 is 1.40 bits per heavy atom. The molecule has 106 valence electrons. The van der Waals surface area contributed by atoms with Gasteiger partial charge in [0, 0.05) is 12.1 Å². The number of pyridine rings is 1. The minimum Gasteiger partial charge on any atom is -0.478 e. The molecule has 0 bridgehead atoms. The van der Waals surface area contributed by atoms with Crippen LogP contribution in [-0.2, 0) is 12.2 Å². The van der Waals surface area contributed by atoms with Crippen LogP contribution in [0.1, 0.15) is 40.3 Å². The van der Waals surface area contributed by atoms with E-state index in [9.17, 15) is 9.90 Å². The van der Waals surface area contributed by atoms with Crippen molar-refractivity contribution in [2.45, 2.75) is 38.0 Å². The van der Waals surface area contributed by atoms with Crippen LogP contribution in [0.15, 0.2) is 15.6 Å². The summed E-state index contributed by atoms with van der Waals surface area (Å²) in [4.78, 5) is 19.8. The van der Waals surface area contributed by atoms with Crippen LogP contribution in [0.5, 0.6) is 0 Å². The maximum Gasteiger partial charge on any atom is 0.338 e. The van der Waals surface area contributed by atoms with E-state index in [0.29, 0.717) is 34.5 Å². The second kappa shape index (κ2) is 6.04. The predicted molar refractivity (Wildman–Crippen MR) is 73.9 cm³/mol. The van der Waals surface area contributed by atoms with Crippen LogP contribution < -0.4 is 0 Å². The molecule has 7 heteroatoms. The van der Waals surface area contributed by atoms with Gasteiger partial charge in [-0.3, -0.25) is 0 Å². The minimum absolute atomic E-state index is 0.236. The highest BCUT2D eigenvalue weighted by Crippen LogP contribution is 2.26. The number of aromatic nitrogens is 3. The van der Waals surface area contributed by atoms with E-state index in [0.717, 1.165) is 5.69 Å². The van der Waals surface area contributed by atoms with Gasteiger partial charge in [-0.2, -0.15) is 4.98 Å². The summed E-state index contributed by atoms with van der Waals surface area (Å²) in [5, 5.41) is 13.6. The van der Waals surface area contributed by atoms with Gasteiger partial charge in [-0.25, -0.2) is 9.78 Å². The SMILES string of the molecule is CCc1nc(CSc2nc(C)cc(C)c2C(=O)O)no1. The van der Waals surface area contributed by atoms with Crippen molar-refractivity contribution in [3.63, 3.8) is 0 Å². The Kier molecular flexibility index (Phi) is 4.39. The molecule has 0 fully saturated rings. The summed E-state index contributed by atoms with van der Waals surface area (Å²) in [5.74, 6) is 0.580. The van der Waals surface area contributed by atoms with E-state index in [1.54, 1.807) is 13.0 Å². The van der Waals surface area contributed by atoms with Gasteiger partial charge in [0.15, 0.2) is 5.82 Å². The summed E-state index contributed by atoms with van der Waals surface area (Å²) in [6.07, 6.45) is 0.680. The topological polar surface area (TPSA) is 89.1 Å². The lowest BCUT2D eigenvalue weighted by molar-refractivity contribution is 0.0691. The molecule has 2 aromatic heterocycles. The first kappa shape index (κ1) is 14.5. The summed E-state index contributed by atoms with van der Waals surface area (Å²) in [5.41, 5.74) is 1.73. The van der Waals surface area contributed by atoms with Gasteiger partial charge in [-0.05, 0) is 25.5 Å². The van der Waals surface area contributed by atoms with Crippen LogP contribution in [0.2, 0.25) is 0 Å². The van der Waals surface area contributed by atoms with E-state index < -0.39 is 5.97 Å². The Morgan fingerprint density at radius 3 is 2.75 bits per heavy atom. The van der Waals surface area contributed by atoms with Crippen LogP contribution in [0.25, 0.3) is 0 Å². The van der Waals surface area contributed by atoms with Crippen LogP contribution in [0.3, 0.4) is 0 Å². The van der Waals surface area contributed by atoms with Gasteiger partial charge < -0.3 is 9.63 Å². The standard InChI is InChI=1S/C13H15N3O3S/c1-4-10-15-9(16-19-10)6-20-12-11(13(17)18)7(2)5-8(3)14-12/h5H,4,6H2,1-3H3,(H,17,18). The molecule has 1 N–H and O–H groups in total. The van der Waals surface area contributed by atoms with Crippen molar-refractivity contribution in [1.82, 2.24) is 15.1 Å². The number of aryl methyl sites for hydroxylation is 3. The fourth-order valence-corrected chi connectivity index (χ4v) is 2.78. The maximum atomic E-state index is 11.3. The van der Waals surface area contributed by atoms with Gasteiger partial charge in [-0.15, -0.1) is 0 Å². The molecule has 0 atom stereocenters. The van der Waals surface area contributed by atoms with Crippen LogP contribution in [0, 0.1) is 13.8 Å². The van der Waals surface area contributed by atoms with Crippen molar-refractivity contribution >= 4 is 17.7 Å². The molecule has 0 saturated heterocycles. The molecule has 0 spiro atoms. The minimum atomic E-state index is -0.972. The molecular formula is C13H15N3O3S. The van der Waals surface area contributed by atoms with Crippen molar-refractivity contribution in [3.8, 4) is 0 Å². The number of nitrogens with zero attached hydrogens (tertiary/aromatic N) is 3. The van der Waals surface area contributed by atoms with Crippen molar-refractivity contribution in [2.24, 2.45) is 0 Å². The highest BCUT2D eigenvalue weighted by Gasteiger charge is 2.17. The summed E-state index contributed by atoms with van der Waals surface area (Å²) < 4.78 is 5.02.